The summed E-state index contributed by atoms with van der Waals surface area (Å²) in [4.78, 5) is 21.7. The average Bonchev–Trinajstić information content (AvgIpc) is 2.84. The van der Waals surface area contributed by atoms with Gasteiger partial charge in [0.1, 0.15) is 11.4 Å². The Bertz CT molecular complexity index is 717. The molecule has 0 unspecified atom stereocenters. The standard InChI is InChI=1S/C13H9N3O2/c17-7-8-4-15-11(6-14-8)9-5-16-10-2-1-3-12(18)13(9)10/h1-7,16,18H. The molecule has 0 saturated carbocycles. The van der Waals surface area contributed by atoms with Crippen LogP contribution in [-0.2, 0) is 0 Å². The minimum atomic E-state index is 0.185. The van der Waals surface area contributed by atoms with Gasteiger partial charge in [0.15, 0.2) is 6.29 Å². The van der Waals surface area contributed by atoms with Crippen LogP contribution in [0, 0.1) is 0 Å². The average molecular weight is 239 g/mol. The number of phenols is 1. The minimum absolute atomic E-state index is 0.185. The van der Waals surface area contributed by atoms with Gasteiger partial charge < -0.3 is 10.1 Å². The lowest BCUT2D eigenvalue weighted by Crippen LogP contribution is -1.90. The van der Waals surface area contributed by atoms with E-state index in [0.717, 1.165) is 11.1 Å². The maximum Gasteiger partial charge on any atom is 0.170 e. The molecule has 0 fully saturated rings. The Kier molecular flexibility index (Phi) is 2.30. The molecule has 88 valence electrons. The highest BCUT2D eigenvalue weighted by Crippen LogP contribution is 2.33. The van der Waals surface area contributed by atoms with Gasteiger partial charge in [-0.15, -0.1) is 0 Å². The molecule has 18 heavy (non-hydrogen) atoms. The maximum atomic E-state index is 10.5. The Hall–Kier alpha value is -2.69. The third-order valence-corrected chi connectivity index (χ3v) is 2.75. The van der Waals surface area contributed by atoms with Gasteiger partial charge in [0, 0.05) is 17.3 Å². The smallest absolute Gasteiger partial charge is 0.170 e. The monoisotopic (exact) mass is 239 g/mol. The van der Waals surface area contributed by atoms with Crippen LogP contribution >= 0.6 is 0 Å². The van der Waals surface area contributed by atoms with Crippen LogP contribution in [0.4, 0.5) is 0 Å². The number of hydrogen-bond donors (Lipinski definition) is 2. The molecule has 0 radical (unpaired) electrons. The Morgan fingerprint density at radius 3 is 2.83 bits per heavy atom. The first-order valence-electron chi connectivity index (χ1n) is 5.36. The molecule has 2 N–H and O–H groups in total. The lowest BCUT2D eigenvalue weighted by Gasteiger charge is -2.00. The molecule has 0 aliphatic rings. The highest BCUT2D eigenvalue weighted by atomic mass is 16.3. The van der Waals surface area contributed by atoms with Crippen molar-refractivity contribution in [2.45, 2.75) is 0 Å². The molecule has 3 aromatic rings. The summed E-state index contributed by atoms with van der Waals surface area (Å²) in [5.41, 5.74) is 2.47. The van der Waals surface area contributed by atoms with E-state index in [-0.39, 0.29) is 11.4 Å². The highest BCUT2D eigenvalue weighted by Gasteiger charge is 2.11. The van der Waals surface area contributed by atoms with E-state index in [0.29, 0.717) is 17.4 Å². The molecular formula is C13H9N3O2. The molecule has 0 saturated heterocycles. The van der Waals surface area contributed by atoms with Crippen LogP contribution in [0.1, 0.15) is 10.5 Å². The van der Waals surface area contributed by atoms with E-state index < -0.39 is 0 Å². The van der Waals surface area contributed by atoms with E-state index in [1.54, 1.807) is 18.3 Å². The van der Waals surface area contributed by atoms with Crippen LogP contribution in [0.25, 0.3) is 22.2 Å². The second-order valence-electron chi connectivity index (χ2n) is 3.85. The van der Waals surface area contributed by atoms with Gasteiger partial charge in [-0.25, -0.2) is 4.98 Å². The number of hydrogen-bond acceptors (Lipinski definition) is 4. The van der Waals surface area contributed by atoms with Crippen LogP contribution in [0.5, 0.6) is 5.75 Å². The summed E-state index contributed by atoms with van der Waals surface area (Å²) in [6.45, 7) is 0. The minimum Gasteiger partial charge on any atom is -0.507 e. The van der Waals surface area contributed by atoms with Crippen LogP contribution in [0.2, 0.25) is 0 Å². The van der Waals surface area contributed by atoms with Crippen LogP contribution < -0.4 is 0 Å². The number of aldehydes is 1. The van der Waals surface area contributed by atoms with Gasteiger partial charge in [0.25, 0.3) is 0 Å². The van der Waals surface area contributed by atoms with Crippen LogP contribution in [0.3, 0.4) is 0 Å². The van der Waals surface area contributed by atoms with Crippen molar-refractivity contribution >= 4 is 17.2 Å². The predicted octanol–water partition coefficient (Wildman–Crippen LogP) is 2.14. The van der Waals surface area contributed by atoms with Crippen molar-refractivity contribution in [1.82, 2.24) is 15.0 Å². The van der Waals surface area contributed by atoms with Gasteiger partial charge in [-0.2, -0.15) is 0 Å². The second-order valence-corrected chi connectivity index (χ2v) is 3.85. The Labute approximate surface area is 102 Å². The third kappa shape index (κ3) is 1.53. The number of nitrogens with one attached hydrogen (secondary N) is 1. The second kappa shape index (κ2) is 3.96. The molecule has 2 heterocycles. The van der Waals surface area contributed by atoms with E-state index in [1.807, 2.05) is 6.07 Å². The van der Waals surface area contributed by atoms with Crippen molar-refractivity contribution in [1.29, 1.82) is 0 Å². The van der Waals surface area contributed by atoms with Crippen molar-refractivity contribution in [2.75, 3.05) is 0 Å². The lowest BCUT2D eigenvalue weighted by molar-refractivity contribution is 0.111. The fourth-order valence-corrected chi connectivity index (χ4v) is 1.91. The maximum absolute atomic E-state index is 10.5. The largest absolute Gasteiger partial charge is 0.507 e. The van der Waals surface area contributed by atoms with Crippen molar-refractivity contribution in [3.63, 3.8) is 0 Å². The zero-order valence-electron chi connectivity index (χ0n) is 9.29. The van der Waals surface area contributed by atoms with E-state index in [1.165, 1.54) is 12.4 Å². The molecule has 0 atom stereocenters. The number of carbonyl (C=O) groups is 1. The molecule has 0 amide bonds. The van der Waals surface area contributed by atoms with Crippen molar-refractivity contribution in [2.24, 2.45) is 0 Å². The van der Waals surface area contributed by atoms with Gasteiger partial charge in [-0.05, 0) is 12.1 Å². The van der Waals surface area contributed by atoms with Gasteiger partial charge in [-0.3, -0.25) is 9.78 Å². The first-order chi connectivity index (χ1) is 8.79. The molecule has 0 aliphatic carbocycles. The predicted molar refractivity (Wildman–Crippen MR) is 66.4 cm³/mol. The number of benzene rings is 1. The normalized spacial score (nSPS) is 10.7. The molecular weight excluding hydrogens is 230 g/mol. The number of fused-ring (bicyclic) bond motifs is 1. The summed E-state index contributed by atoms with van der Waals surface area (Å²) in [6.07, 6.45) is 5.32. The van der Waals surface area contributed by atoms with Gasteiger partial charge in [0.2, 0.25) is 0 Å². The molecule has 5 heteroatoms. The van der Waals surface area contributed by atoms with E-state index in [2.05, 4.69) is 15.0 Å². The molecule has 1 aromatic carbocycles. The summed E-state index contributed by atoms with van der Waals surface area (Å²) in [5.74, 6) is 0.185. The van der Waals surface area contributed by atoms with Crippen molar-refractivity contribution in [3.05, 3.63) is 42.5 Å². The summed E-state index contributed by atoms with van der Waals surface area (Å²) in [7, 11) is 0. The summed E-state index contributed by atoms with van der Waals surface area (Å²) in [5, 5.41) is 10.6. The summed E-state index contributed by atoms with van der Waals surface area (Å²) >= 11 is 0. The number of phenolic OH excluding ortho intramolecular Hbond substituents is 1. The molecule has 2 aromatic heterocycles. The van der Waals surface area contributed by atoms with E-state index in [4.69, 9.17) is 0 Å². The third-order valence-electron chi connectivity index (χ3n) is 2.75. The van der Waals surface area contributed by atoms with Crippen LogP contribution in [0.15, 0.2) is 36.8 Å². The first kappa shape index (κ1) is 10.5. The molecule has 0 bridgehead atoms. The lowest BCUT2D eigenvalue weighted by atomic mass is 10.1. The number of H-pyrrole nitrogens is 1. The zero-order chi connectivity index (χ0) is 12.5. The van der Waals surface area contributed by atoms with E-state index in [9.17, 15) is 9.90 Å². The summed E-state index contributed by atoms with van der Waals surface area (Å²) < 4.78 is 0. The quantitative estimate of drug-likeness (QED) is 0.671. The number of carbonyl (C=O) groups excluding carboxylic acids is 1. The number of rotatable bonds is 2. The number of aromatic nitrogens is 3. The first-order valence-corrected chi connectivity index (χ1v) is 5.36. The number of aromatic hydroxyl groups is 1. The molecule has 0 aliphatic heterocycles. The Morgan fingerprint density at radius 1 is 1.22 bits per heavy atom. The van der Waals surface area contributed by atoms with E-state index >= 15 is 0 Å². The van der Waals surface area contributed by atoms with Crippen molar-refractivity contribution < 1.29 is 9.90 Å². The summed E-state index contributed by atoms with van der Waals surface area (Å²) in [6, 6.07) is 5.25. The molecule has 0 spiro atoms. The molecule has 5 nitrogen and oxygen atoms in total. The van der Waals surface area contributed by atoms with Gasteiger partial charge in [-0.1, -0.05) is 6.07 Å². The number of nitrogens with zero attached hydrogens (tertiary/aromatic N) is 2. The highest BCUT2D eigenvalue weighted by molar-refractivity contribution is 5.98. The van der Waals surface area contributed by atoms with Gasteiger partial charge >= 0.3 is 0 Å². The SMILES string of the molecule is O=Cc1cnc(-c2c[nH]c3cccc(O)c23)cn1. The number of aromatic amines is 1. The zero-order valence-corrected chi connectivity index (χ0v) is 9.29. The van der Waals surface area contributed by atoms with Gasteiger partial charge in [0.05, 0.1) is 23.5 Å². The fourth-order valence-electron chi connectivity index (χ4n) is 1.91. The van der Waals surface area contributed by atoms with Crippen LogP contribution in [-0.4, -0.2) is 26.3 Å². The fraction of sp³-hybridized carbons (Fsp3) is 0. The Morgan fingerprint density at radius 2 is 2.11 bits per heavy atom. The van der Waals surface area contributed by atoms with Crippen molar-refractivity contribution in [3.8, 4) is 17.0 Å². The molecule has 3 rings (SSSR count). The topological polar surface area (TPSA) is 78.9 Å². The Balaban J connectivity index is 2.21.